The third-order valence-corrected chi connectivity index (χ3v) is 5.32. The van der Waals surface area contributed by atoms with Crippen LogP contribution >= 0.6 is 0 Å². The van der Waals surface area contributed by atoms with Gasteiger partial charge in [-0.2, -0.15) is 0 Å². The van der Waals surface area contributed by atoms with Crippen LogP contribution in [0.2, 0.25) is 0 Å². The Morgan fingerprint density at radius 3 is 1.77 bits per heavy atom. The Hall–Kier alpha value is -2.13. The van der Waals surface area contributed by atoms with Gasteiger partial charge in [-0.1, -0.05) is 87.4 Å². The molecule has 0 unspecified atom stereocenters. The van der Waals surface area contributed by atoms with E-state index in [1.165, 1.54) is 0 Å². The first-order valence-corrected chi connectivity index (χ1v) is 9.72. The first-order chi connectivity index (χ1) is 12.6. The summed E-state index contributed by atoms with van der Waals surface area (Å²) in [7, 11) is 0. The van der Waals surface area contributed by atoms with Crippen molar-refractivity contribution >= 4 is 5.97 Å². The van der Waals surface area contributed by atoms with E-state index in [0.717, 1.165) is 50.0 Å². The van der Waals surface area contributed by atoms with E-state index in [2.05, 4.69) is 18.7 Å². The van der Waals surface area contributed by atoms with Crippen molar-refractivity contribution in [2.45, 2.75) is 44.9 Å². The van der Waals surface area contributed by atoms with Gasteiger partial charge in [0.15, 0.2) is 0 Å². The molecule has 2 aromatic carbocycles. The molecule has 0 fully saturated rings. The van der Waals surface area contributed by atoms with E-state index in [9.17, 15) is 9.90 Å². The zero-order valence-electron chi connectivity index (χ0n) is 16.0. The van der Waals surface area contributed by atoms with Crippen LogP contribution in [0, 0.1) is 0 Å². The number of unbranched alkanes of at least 4 members (excludes halogenated alkanes) is 2. The maximum atomic E-state index is 12.5. The minimum atomic E-state index is -0.974. The number of benzene rings is 2. The van der Waals surface area contributed by atoms with Crippen molar-refractivity contribution in [1.29, 1.82) is 0 Å². The number of carboxylic acids is 1. The third kappa shape index (κ3) is 4.73. The topological polar surface area (TPSA) is 40.5 Å². The molecule has 0 aliphatic carbocycles. The van der Waals surface area contributed by atoms with E-state index in [-0.39, 0.29) is 0 Å². The van der Waals surface area contributed by atoms with Gasteiger partial charge in [0.1, 0.15) is 5.41 Å². The molecule has 0 atom stereocenters. The predicted molar refractivity (Wildman–Crippen MR) is 108 cm³/mol. The van der Waals surface area contributed by atoms with Crippen LogP contribution in [0.25, 0.3) is 0 Å². The van der Waals surface area contributed by atoms with E-state index in [0.29, 0.717) is 6.42 Å². The van der Waals surface area contributed by atoms with Gasteiger partial charge in [-0.3, -0.25) is 4.79 Å². The van der Waals surface area contributed by atoms with Crippen molar-refractivity contribution in [2.75, 3.05) is 19.6 Å². The Morgan fingerprint density at radius 2 is 1.35 bits per heavy atom. The van der Waals surface area contributed by atoms with Gasteiger partial charge in [-0.05, 0) is 43.6 Å². The van der Waals surface area contributed by atoms with E-state index in [4.69, 9.17) is 0 Å². The van der Waals surface area contributed by atoms with Gasteiger partial charge in [-0.25, -0.2) is 0 Å². The lowest BCUT2D eigenvalue weighted by Gasteiger charge is -2.31. The molecule has 0 amide bonds. The highest BCUT2D eigenvalue weighted by Crippen LogP contribution is 2.37. The van der Waals surface area contributed by atoms with Crippen LogP contribution in [0.4, 0.5) is 0 Å². The average molecular weight is 354 g/mol. The molecule has 0 aliphatic heterocycles. The van der Waals surface area contributed by atoms with Crippen molar-refractivity contribution in [1.82, 2.24) is 4.90 Å². The minimum Gasteiger partial charge on any atom is -0.480 e. The summed E-state index contributed by atoms with van der Waals surface area (Å²) in [5.74, 6) is -0.765. The molecule has 0 aliphatic rings. The molecular weight excluding hydrogens is 322 g/mol. The van der Waals surface area contributed by atoms with Crippen molar-refractivity contribution in [3.63, 3.8) is 0 Å². The highest BCUT2D eigenvalue weighted by atomic mass is 16.4. The Bertz CT molecular complexity index is 611. The molecule has 2 rings (SSSR count). The fourth-order valence-corrected chi connectivity index (χ4v) is 3.70. The SMILES string of the molecule is CCN(CC)CCCCCC(C(=O)O)(c1ccccc1)c1ccccc1. The van der Waals surface area contributed by atoms with Gasteiger partial charge in [0.25, 0.3) is 0 Å². The predicted octanol–water partition coefficient (Wildman–Crippen LogP) is 4.96. The van der Waals surface area contributed by atoms with E-state index >= 15 is 0 Å². The number of carbonyl (C=O) groups is 1. The maximum absolute atomic E-state index is 12.5. The Labute approximate surface area is 157 Å². The lowest BCUT2D eigenvalue weighted by molar-refractivity contribution is -0.142. The monoisotopic (exact) mass is 353 g/mol. The molecule has 0 heterocycles. The van der Waals surface area contributed by atoms with Gasteiger partial charge >= 0.3 is 5.97 Å². The summed E-state index contributed by atoms with van der Waals surface area (Å²) in [5.41, 5.74) is 0.752. The van der Waals surface area contributed by atoms with Gasteiger partial charge in [0.2, 0.25) is 0 Å². The Morgan fingerprint density at radius 1 is 0.846 bits per heavy atom. The van der Waals surface area contributed by atoms with Crippen LogP contribution < -0.4 is 0 Å². The van der Waals surface area contributed by atoms with E-state index < -0.39 is 11.4 Å². The molecule has 26 heavy (non-hydrogen) atoms. The summed E-state index contributed by atoms with van der Waals surface area (Å²) in [6, 6.07) is 19.3. The van der Waals surface area contributed by atoms with Crippen LogP contribution in [0.15, 0.2) is 60.7 Å². The van der Waals surface area contributed by atoms with Crippen LogP contribution in [0.5, 0.6) is 0 Å². The number of rotatable bonds is 11. The van der Waals surface area contributed by atoms with Crippen molar-refractivity contribution in [3.05, 3.63) is 71.8 Å². The standard InChI is InChI=1S/C23H31NO2/c1-3-24(4-2)19-13-7-12-18-23(22(25)26,20-14-8-5-9-15-20)21-16-10-6-11-17-21/h5-6,8-11,14-17H,3-4,7,12-13,18-19H2,1-2H3,(H,25,26). The normalized spacial score (nSPS) is 11.7. The van der Waals surface area contributed by atoms with Crippen LogP contribution in [0.1, 0.15) is 50.7 Å². The second kappa shape index (κ2) is 10.1. The van der Waals surface area contributed by atoms with E-state index in [1.54, 1.807) is 0 Å². The molecule has 0 bridgehead atoms. The Balaban J connectivity index is 2.18. The second-order valence-corrected chi connectivity index (χ2v) is 6.78. The Kier molecular flexibility index (Phi) is 7.86. The van der Waals surface area contributed by atoms with Gasteiger partial charge in [0, 0.05) is 0 Å². The first kappa shape index (κ1) is 20.2. The second-order valence-electron chi connectivity index (χ2n) is 6.78. The van der Waals surface area contributed by atoms with Crippen LogP contribution in [0.3, 0.4) is 0 Å². The molecule has 1 N–H and O–H groups in total. The number of carboxylic acid groups (broad SMARTS) is 1. The molecule has 3 heteroatoms. The number of hydrogen-bond acceptors (Lipinski definition) is 2. The van der Waals surface area contributed by atoms with Crippen molar-refractivity contribution in [2.24, 2.45) is 0 Å². The van der Waals surface area contributed by atoms with Gasteiger partial charge < -0.3 is 10.0 Å². The van der Waals surface area contributed by atoms with Gasteiger partial charge in [0.05, 0.1) is 0 Å². The molecule has 0 saturated carbocycles. The molecule has 0 saturated heterocycles. The lowest BCUT2D eigenvalue weighted by Crippen LogP contribution is -2.37. The highest BCUT2D eigenvalue weighted by molar-refractivity contribution is 5.86. The molecule has 3 nitrogen and oxygen atoms in total. The third-order valence-electron chi connectivity index (χ3n) is 5.32. The number of hydrogen-bond donors (Lipinski definition) is 1. The summed E-state index contributed by atoms with van der Waals surface area (Å²) < 4.78 is 0. The summed E-state index contributed by atoms with van der Waals surface area (Å²) in [4.78, 5) is 14.9. The fourth-order valence-electron chi connectivity index (χ4n) is 3.70. The molecule has 2 aromatic rings. The fraction of sp³-hybridized carbons (Fsp3) is 0.435. The maximum Gasteiger partial charge on any atom is 0.318 e. The minimum absolute atomic E-state index is 0.620. The largest absolute Gasteiger partial charge is 0.480 e. The van der Waals surface area contributed by atoms with Crippen molar-refractivity contribution in [3.8, 4) is 0 Å². The summed E-state index contributed by atoms with van der Waals surface area (Å²) >= 11 is 0. The molecular formula is C23H31NO2. The zero-order valence-corrected chi connectivity index (χ0v) is 16.0. The van der Waals surface area contributed by atoms with Gasteiger partial charge in [-0.15, -0.1) is 0 Å². The summed E-state index contributed by atoms with van der Waals surface area (Å²) in [5, 5.41) is 10.2. The quantitative estimate of drug-likeness (QED) is 0.581. The molecule has 0 spiro atoms. The van der Waals surface area contributed by atoms with E-state index in [1.807, 2.05) is 60.7 Å². The summed E-state index contributed by atoms with van der Waals surface area (Å²) in [6.45, 7) is 7.60. The molecule has 0 aromatic heterocycles. The first-order valence-electron chi connectivity index (χ1n) is 9.72. The van der Waals surface area contributed by atoms with Crippen LogP contribution in [-0.2, 0) is 10.2 Å². The molecule has 0 radical (unpaired) electrons. The lowest BCUT2D eigenvalue weighted by atomic mass is 9.71. The van der Waals surface area contributed by atoms with Crippen molar-refractivity contribution < 1.29 is 9.90 Å². The van der Waals surface area contributed by atoms with Crippen LogP contribution in [-0.4, -0.2) is 35.6 Å². The molecule has 140 valence electrons. The smallest absolute Gasteiger partial charge is 0.318 e. The zero-order chi connectivity index (χ0) is 18.8. The summed E-state index contributed by atoms with van der Waals surface area (Å²) in [6.07, 6.45) is 3.68. The number of aliphatic carboxylic acids is 1. The highest BCUT2D eigenvalue weighted by Gasteiger charge is 2.41. The number of nitrogens with zero attached hydrogens (tertiary/aromatic N) is 1. The average Bonchev–Trinajstić information content (AvgIpc) is 2.69.